The number of para-hydroxylation sites is 1. The number of amides is 1. The molecule has 4 rings (SSSR count). The predicted octanol–water partition coefficient (Wildman–Crippen LogP) is 3.68. The first-order valence-electron chi connectivity index (χ1n) is 11.4. The van der Waals surface area contributed by atoms with E-state index in [-0.39, 0.29) is 18.6 Å². The molecular formula is C26H31N3O5. The van der Waals surface area contributed by atoms with E-state index in [1.54, 1.807) is 19.2 Å². The van der Waals surface area contributed by atoms with Crippen LogP contribution in [0.2, 0.25) is 0 Å². The highest BCUT2D eigenvalue weighted by Gasteiger charge is 2.24. The lowest BCUT2D eigenvalue weighted by atomic mass is 10.0. The Morgan fingerprint density at radius 2 is 1.85 bits per heavy atom. The Morgan fingerprint density at radius 3 is 2.53 bits per heavy atom. The topological polar surface area (TPSA) is 86.1 Å². The summed E-state index contributed by atoms with van der Waals surface area (Å²) in [5.41, 5.74) is 3.28. The van der Waals surface area contributed by atoms with Gasteiger partial charge in [0, 0.05) is 19.6 Å². The zero-order valence-corrected chi connectivity index (χ0v) is 19.9. The summed E-state index contributed by atoms with van der Waals surface area (Å²) in [4.78, 5) is 15.5. The van der Waals surface area contributed by atoms with Gasteiger partial charge in [-0.15, -0.1) is 0 Å². The number of hydrogen-bond donors (Lipinski definition) is 1. The van der Waals surface area contributed by atoms with Crippen molar-refractivity contribution >= 4 is 5.91 Å². The number of carbonyl (C=O) groups is 1. The molecule has 1 N–H and O–H groups in total. The average Bonchev–Trinajstić information content (AvgIpc) is 3.20. The lowest BCUT2D eigenvalue weighted by Gasteiger charge is -2.35. The number of methoxy groups -OCH3 is 1. The Bertz CT molecular complexity index is 1070. The molecule has 1 unspecified atom stereocenters. The molecule has 0 radical (unpaired) electrons. The molecule has 1 aliphatic heterocycles. The Hall–Kier alpha value is -3.36. The summed E-state index contributed by atoms with van der Waals surface area (Å²) in [6.45, 7) is 7.45. The third-order valence-corrected chi connectivity index (χ3v) is 6.13. The maximum absolute atomic E-state index is 13.2. The van der Waals surface area contributed by atoms with Gasteiger partial charge in [0.15, 0.2) is 0 Å². The van der Waals surface area contributed by atoms with Crippen LogP contribution < -0.4 is 14.8 Å². The van der Waals surface area contributed by atoms with Crippen LogP contribution >= 0.6 is 0 Å². The molecule has 1 aliphatic rings. The zero-order chi connectivity index (χ0) is 23.9. The largest absolute Gasteiger partial charge is 0.497 e. The number of nitrogens with one attached hydrogen (secondary N) is 1. The van der Waals surface area contributed by atoms with Crippen molar-refractivity contribution in [2.45, 2.75) is 26.5 Å². The molecule has 3 aromatic rings. The Kier molecular flexibility index (Phi) is 7.82. The van der Waals surface area contributed by atoms with E-state index < -0.39 is 0 Å². The number of rotatable bonds is 9. The number of hydrogen-bond acceptors (Lipinski definition) is 7. The van der Waals surface area contributed by atoms with Gasteiger partial charge in [0.05, 0.1) is 43.2 Å². The quantitative estimate of drug-likeness (QED) is 0.516. The Balaban J connectivity index is 1.47. The molecule has 0 bridgehead atoms. The first-order chi connectivity index (χ1) is 16.6. The molecule has 8 nitrogen and oxygen atoms in total. The molecule has 0 saturated carbocycles. The van der Waals surface area contributed by atoms with Gasteiger partial charge in [0.25, 0.3) is 5.91 Å². The number of nitrogens with zero attached hydrogens (tertiary/aromatic N) is 2. The first kappa shape index (κ1) is 23.8. The number of benzene rings is 2. The van der Waals surface area contributed by atoms with Crippen molar-refractivity contribution in [3.63, 3.8) is 0 Å². The molecule has 1 amide bonds. The van der Waals surface area contributed by atoms with E-state index in [2.05, 4.69) is 15.4 Å². The zero-order valence-electron chi connectivity index (χ0n) is 19.9. The molecule has 2 aromatic carbocycles. The third kappa shape index (κ3) is 5.58. The van der Waals surface area contributed by atoms with Crippen molar-refractivity contribution in [2.24, 2.45) is 0 Å². The van der Waals surface area contributed by atoms with Crippen molar-refractivity contribution in [1.29, 1.82) is 0 Å². The lowest BCUT2D eigenvalue weighted by Crippen LogP contribution is -2.43. The maximum Gasteiger partial charge on any atom is 0.255 e. The van der Waals surface area contributed by atoms with Gasteiger partial charge in [0.2, 0.25) is 0 Å². The molecule has 1 saturated heterocycles. The lowest BCUT2D eigenvalue weighted by molar-refractivity contribution is 0.0162. The van der Waals surface area contributed by atoms with Crippen LogP contribution in [0.25, 0.3) is 0 Å². The Morgan fingerprint density at radius 1 is 1.12 bits per heavy atom. The summed E-state index contributed by atoms with van der Waals surface area (Å²) in [5, 5.41) is 7.08. The second-order valence-corrected chi connectivity index (χ2v) is 8.23. The van der Waals surface area contributed by atoms with Gasteiger partial charge >= 0.3 is 0 Å². The predicted molar refractivity (Wildman–Crippen MR) is 127 cm³/mol. The minimum atomic E-state index is -0.180. The van der Waals surface area contributed by atoms with Crippen LogP contribution in [-0.2, 0) is 11.3 Å². The summed E-state index contributed by atoms with van der Waals surface area (Å²) >= 11 is 0. The number of carbonyl (C=O) groups excluding carboxylic acids is 1. The van der Waals surface area contributed by atoms with Crippen molar-refractivity contribution in [2.75, 3.05) is 40.0 Å². The van der Waals surface area contributed by atoms with Gasteiger partial charge in [-0.25, -0.2) is 0 Å². The fourth-order valence-electron chi connectivity index (χ4n) is 4.10. The smallest absolute Gasteiger partial charge is 0.255 e. The number of morpholine rings is 1. The van der Waals surface area contributed by atoms with Crippen LogP contribution in [0, 0.1) is 13.8 Å². The van der Waals surface area contributed by atoms with E-state index in [0.717, 1.165) is 35.7 Å². The first-order valence-corrected chi connectivity index (χ1v) is 11.4. The molecular weight excluding hydrogens is 434 g/mol. The van der Waals surface area contributed by atoms with Crippen molar-refractivity contribution in [3.8, 4) is 11.5 Å². The molecule has 8 heteroatoms. The highest BCUT2D eigenvalue weighted by Crippen LogP contribution is 2.25. The van der Waals surface area contributed by atoms with Crippen LogP contribution in [0.1, 0.15) is 39.0 Å². The molecule has 1 fully saturated rings. The maximum atomic E-state index is 13.2. The van der Waals surface area contributed by atoms with Gasteiger partial charge < -0.3 is 24.1 Å². The molecule has 0 aliphatic carbocycles. The number of aromatic nitrogens is 1. The van der Waals surface area contributed by atoms with E-state index in [0.29, 0.717) is 36.8 Å². The highest BCUT2D eigenvalue weighted by atomic mass is 16.5. The monoisotopic (exact) mass is 465 g/mol. The van der Waals surface area contributed by atoms with E-state index in [9.17, 15) is 4.79 Å². The standard InChI is InChI=1S/C26H31N3O5/c1-18-23(19(2)34-28-18)17-33-25-7-5-4-6-22(25)26(30)27-16-24(29-12-14-32-15-13-29)20-8-10-21(31-3)11-9-20/h4-11,24H,12-17H2,1-3H3,(H,27,30). The van der Waals surface area contributed by atoms with Gasteiger partial charge in [-0.05, 0) is 43.7 Å². The van der Waals surface area contributed by atoms with Crippen molar-refractivity contribution in [1.82, 2.24) is 15.4 Å². The SMILES string of the molecule is COc1ccc(C(CNC(=O)c2ccccc2OCc2c(C)noc2C)N2CCOCC2)cc1. The summed E-state index contributed by atoms with van der Waals surface area (Å²) in [6.07, 6.45) is 0. The molecule has 34 heavy (non-hydrogen) atoms. The second kappa shape index (κ2) is 11.2. The van der Waals surface area contributed by atoms with Crippen LogP contribution in [0.4, 0.5) is 0 Å². The van der Waals surface area contributed by atoms with Crippen LogP contribution in [-0.4, -0.2) is 55.9 Å². The second-order valence-electron chi connectivity index (χ2n) is 8.23. The van der Waals surface area contributed by atoms with Crippen molar-refractivity contribution in [3.05, 3.63) is 76.7 Å². The normalized spacial score (nSPS) is 15.0. The summed E-state index contributed by atoms with van der Waals surface area (Å²) in [7, 11) is 1.65. The molecule has 2 heterocycles. The summed E-state index contributed by atoms with van der Waals surface area (Å²) in [6, 6.07) is 15.3. The van der Waals surface area contributed by atoms with Crippen LogP contribution in [0.5, 0.6) is 11.5 Å². The van der Waals surface area contributed by atoms with Crippen molar-refractivity contribution < 1.29 is 23.5 Å². The minimum absolute atomic E-state index is 0.0224. The highest BCUT2D eigenvalue weighted by molar-refractivity contribution is 5.96. The number of aryl methyl sites for hydroxylation is 2. The average molecular weight is 466 g/mol. The van der Waals surface area contributed by atoms with Gasteiger partial charge in [-0.1, -0.05) is 29.4 Å². The van der Waals surface area contributed by atoms with Crippen LogP contribution in [0.3, 0.4) is 0 Å². The van der Waals surface area contributed by atoms with E-state index >= 15 is 0 Å². The van der Waals surface area contributed by atoms with E-state index in [1.807, 2.05) is 50.2 Å². The fraction of sp³-hybridized carbons (Fsp3) is 0.385. The fourth-order valence-corrected chi connectivity index (χ4v) is 4.10. The summed E-state index contributed by atoms with van der Waals surface area (Å²) in [5.74, 6) is 1.86. The van der Waals surface area contributed by atoms with E-state index in [1.165, 1.54) is 0 Å². The van der Waals surface area contributed by atoms with E-state index in [4.69, 9.17) is 18.7 Å². The van der Waals surface area contributed by atoms with Gasteiger partial charge in [-0.2, -0.15) is 0 Å². The Labute approximate surface area is 199 Å². The minimum Gasteiger partial charge on any atom is -0.497 e. The molecule has 180 valence electrons. The summed E-state index contributed by atoms with van der Waals surface area (Å²) < 4.78 is 22.0. The van der Waals surface area contributed by atoms with Gasteiger partial charge in [0.1, 0.15) is 23.9 Å². The molecule has 1 atom stereocenters. The third-order valence-electron chi connectivity index (χ3n) is 6.13. The molecule has 1 aromatic heterocycles. The number of ether oxygens (including phenoxy) is 3. The van der Waals surface area contributed by atoms with Crippen LogP contribution in [0.15, 0.2) is 53.1 Å². The van der Waals surface area contributed by atoms with Gasteiger partial charge in [-0.3, -0.25) is 9.69 Å². The molecule has 0 spiro atoms.